The minimum Gasteiger partial charge on any atom is -0.480 e. The van der Waals surface area contributed by atoms with Crippen molar-refractivity contribution in [1.29, 1.82) is 0 Å². The number of aliphatic carboxylic acids is 1. The molecule has 6 heteroatoms. The molecule has 116 valence electrons. The summed E-state index contributed by atoms with van der Waals surface area (Å²) < 4.78 is 1.45. The van der Waals surface area contributed by atoms with Crippen molar-refractivity contribution in [1.82, 2.24) is 9.88 Å². The zero-order chi connectivity index (χ0) is 16.4. The number of aryl methyl sites for hydroxylation is 1. The molecule has 1 amide bonds. The maximum Gasteiger partial charge on any atom is 0.326 e. The number of nitrogens with one attached hydrogen (secondary N) is 1. The maximum atomic E-state index is 12.4. The van der Waals surface area contributed by atoms with Crippen LogP contribution in [0.4, 0.5) is 0 Å². The molecule has 2 aromatic rings. The third-order valence-corrected chi connectivity index (χ3v) is 3.62. The number of carboxylic acids is 1. The van der Waals surface area contributed by atoms with Crippen LogP contribution in [0.5, 0.6) is 0 Å². The van der Waals surface area contributed by atoms with Gasteiger partial charge in [-0.05, 0) is 12.0 Å². The highest BCUT2D eigenvalue weighted by Gasteiger charge is 2.25. The van der Waals surface area contributed by atoms with Crippen LogP contribution in [0.2, 0.25) is 0 Å². The van der Waals surface area contributed by atoms with Gasteiger partial charge in [-0.2, -0.15) is 0 Å². The quantitative estimate of drug-likeness (QED) is 0.893. The van der Waals surface area contributed by atoms with Gasteiger partial charge in [-0.15, -0.1) is 0 Å². The van der Waals surface area contributed by atoms with Gasteiger partial charge in [0.25, 0.3) is 11.5 Å². The van der Waals surface area contributed by atoms with Crippen molar-refractivity contribution in [3.8, 4) is 0 Å². The second kappa shape index (κ2) is 6.01. The van der Waals surface area contributed by atoms with Gasteiger partial charge in [-0.1, -0.05) is 32.0 Å². The van der Waals surface area contributed by atoms with E-state index in [1.165, 1.54) is 10.6 Å². The number of pyridine rings is 1. The van der Waals surface area contributed by atoms with Gasteiger partial charge in [0.15, 0.2) is 0 Å². The Balaban J connectivity index is 2.51. The molecule has 0 unspecified atom stereocenters. The van der Waals surface area contributed by atoms with Crippen LogP contribution in [0.1, 0.15) is 24.2 Å². The number of carboxylic acid groups (broad SMARTS) is 1. The Kier molecular flexibility index (Phi) is 4.30. The van der Waals surface area contributed by atoms with E-state index in [2.05, 4.69) is 5.32 Å². The van der Waals surface area contributed by atoms with Crippen molar-refractivity contribution in [3.05, 3.63) is 46.2 Å². The van der Waals surface area contributed by atoms with Crippen molar-refractivity contribution >= 4 is 22.8 Å². The summed E-state index contributed by atoms with van der Waals surface area (Å²) >= 11 is 0. The van der Waals surface area contributed by atoms with E-state index in [-0.39, 0.29) is 17.0 Å². The molecule has 1 aromatic heterocycles. The molecule has 0 spiro atoms. The Hall–Kier alpha value is -2.63. The molecule has 2 N–H and O–H groups in total. The lowest BCUT2D eigenvalue weighted by Gasteiger charge is -2.18. The number of rotatable bonds is 4. The van der Waals surface area contributed by atoms with Gasteiger partial charge < -0.3 is 15.0 Å². The fourth-order valence-electron chi connectivity index (χ4n) is 2.33. The predicted molar refractivity (Wildman–Crippen MR) is 82.9 cm³/mol. The van der Waals surface area contributed by atoms with Gasteiger partial charge in [0.2, 0.25) is 0 Å². The van der Waals surface area contributed by atoms with Crippen LogP contribution in [0, 0.1) is 5.92 Å². The number of carbonyl (C=O) groups excluding carboxylic acids is 1. The van der Waals surface area contributed by atoms with Crippen LogP contribution in [-0.2, 0) is 11.8 Å². The highest BCUT2D eigenvalue weighted by Crippen LogP contribution is 2.16. The molecule has 0 aliphatic carbocycles. The van der Waals surface area contributed by atoms with Crippen LogP contribution in [0.25, 0.3) is 10.9 Å². The molecule has 0 saturated heterocycles. The number of benzene rings is 1. The molecule has 22 heavy (non-hydrogen) atoms. The fourth-order valence-corrected chi connectivity index (χ4v) is 2.33. The molecule has 0 radical (unpaired) electrons. The van der Waals surface area contributed by atoms with Crippen molar-refractivity contribution in [2.75, 3.05) is 0 Å². The largest absolute Gasteiger partial charge is 0.480 e. The van der Waals surface area contributed by atoms with E-state index >= 15 is 0 Å². The Bertz CT molecular complexity index is 792. The Morgan fingerprint density at radius 3 is 2.45 bits per heavy atom. The Morgan fingerprint density at radius 1 is 1.23 bits per heavy atom. The lowest BCUT2D eigenvalue weighted by molar-refractivity contribution is -0.140. The molecule has 0 bridgehead atoms. The van der Waals surface area contributed by atoms with Gasteiger partial charge in [-0.3, -0.25) is 9.59 Å². The highest BCUT2D eigenvalue weighted by atomic mass is 16.4. The summed E-state index contributed by atoms with van der Waals surface area (Å²) in [5.74, 6) is -1.93. The standard InChI is InChI=1S/C16H18N2O4/c1-9(2)14(16(21)22)17-15(20)11-8-13(19)18(3)12-7-5-4-6-10(11)12/h4-9,14H,1-3H3,(H,17,20)(H,21,22)/t14-/m0/s1. The summed E-state index contributed by atoms with van der Waals surface area (Å²) in [6, 6.07) is 7.24. The van der Waals surface area contributed by atoms with Crippen LogP contribution in [0.15, 0.2) is 35.1 Å². The van der Waals surface area contributed by atoms with Gasteiger partial charge in [0.1, 0.15) is 6.04 Å². The molecular weight excluding hydrogens is 284 g/mol. The van der Waals surface area contributed by atoms with E-state index in [1.54, 1.807) is 45.2 Å². The van der Waals surface area contributed by atoms with Crippen LogP contribution in [-0.4, -0.2) is 27.6 Å². The topological polar surface area (TPSA) is 88.4 Å². The number of hydrogen-bond donors (Lipinski definition) is 2. The Morgan fingerprint density at radius 2 is 1.86 bits per heavy atom. The molecule has 0 aliphatic heterocycles. The number of amides is 1. The molecular formula is C16H18N2O4. The first-order chi connectivity index (χ1) is 10.3. The van der Waals surface area contributed by atoms with Crippen molar-refractivity contribution < 1.29 is 14.7 Å². The summed E-state index contributed by atoms with van der Waals surface area (Å²) in [6.07, 6.45) is 0. The Labute approximate surface area is 127 Å². The zero-order valence-electron chi connectivity index (χ0n) is 12.7. The summed E-state index contributed by atoms with van der Waals surface area (Å²) in [4.78, 5) is 35.6. The van der Waals surface area contributed by atoms with Crippen molar-refractivity contribution in [3.63, 3.8) is 0 Å². The second-order valence-electron chi connectivity index (χ2n) is 5.51. The van der Waals surface area contributed by atoms with E-state index in [1.807, 2.05) is 0 Å². The molecule has 1 aromatic carbocycles. The first-order valence-corrected chi connectivity index (χ1v) is 6.95. The number of hydrogen-bond acceptors (Lipinski definition) is 3. The molecule has 2 rings (SSSR count). The molecule has 0 aliphatic rings. The van der Waals surface area contributed by atoms with Crippen LogP contribution in [0.3, 0.4) is 0 Å². The van der Waals surface area contributed by atoms with Gasteiger partial charge in [0.05, 0.1) is 11.1 Å². The predicted octanol–water partition coefficient (Wildman–Crippen LogP) is 1.38. The van der Waals surface area contributed by atoms with Crippen molar-refractivity contribution in [2.45, 2.75) is 19.9 Å². The van der Waals surface area contributed by atoms with Gasteiger partial charge in [0, 0.05) is 18.5 Å². The maximum absolute atomic E-state index is 12.4. The van der Waals surface area contributed by atoms with E-state index < -0.39 is 17.9 Å². The minimum atomic E-state index is -1.10. The average Bonchev–Trinajstić information content (AvgIpc) is 2.47. The van der Waals surface area contributed by atoms with E-state index in [0.29, 0.717) is 10.9 Å². The van der Waals surface area contributed by atoms with Gasteiger partial charge >= 0.3 is 5.97 Å². The van der Waals surface area contributed by atoms with Crippen LogP contribution >= 0.6 is 0 Å². The average molecular weight is 302 g/mol. The normalized spacial score (nSPS) is 12.4. The minimum absolute atomic E-state index is 0.186. The molecule has 1 heterocycles. The summed E-state index contributed by atoms with van der Waals surface area (Å²) in [5, 5.41) is 12.3. The monoisotopic (exact) mass is 302 g/mol. The molecule has 6 nitrogen and oxygen atoms in total. The SMILES string of the molecule is CC(C)[C@H](NC(=O)c1cc(=O)n(C)c2ccccc12)C(=O)O. The third-order valence-electron chi connectivity index (χ3n) is 3.62. The lowest BCUT2D eigenvalue weighted by atomic mass is 10.0. The molecule has 0 fully saturated rings. The summed E-state index contributed by atoms with van der Waals surface area (Å²) in [5.41, 5.74) is 0.488. The van der Waals surface area contributed by atoms with Crippen molar-refractivity contribution in [2.24, 2.45) is 13.0 Å². The number of para-hydroxylation sites is 1. The first-order valence-electron chi connectivity index (χ1n) is 6.95. The molecule has 0 saturated carbocycles. The zero-order valence-corrected chi connectivity index (χ0v) is 12.7. The summed E-state index contributed by atoms with van der Waals surface area (Å²) in [7, 11) is 1.63. The second-order valence-corrected chi connectivity index (χ2v) is 5.51. The van der Waals surface area contributed by atoms with E-state index in [4.69, 9.17) is 0 Å². The van der Waals surface area contributed by atoms with Crippen LogP contribution < -0.4 is 10.9 Å². The number of aromatic nitrogens is 1. The fraction of sp³-hybridized carbons (Fsp3) is 0.312. The molecule has 1 atom stereocenters. The lowest BCUT2D eigenvalue weighted by Crippen LogP contribution is -2.44. The number of carbonyl (C=O) groups is 2. The first kappa shape index (κ1) is 15.8. The number of nitrogens with zero attached hydrogens (tertiary/aromatic N) is 1. The highest BCUT2D eigenvalue weighted by molar-refractivity contribution is 6.07. The number of fused-ring (bicyclic) bond motifs is 1. The van der Waals surface area contributed by atoms with E-state index in [9.17, 15) is 19.5 Å². The third kappa shape index (κ3) is 2.86. The van der Waals surface area contributed by atoms with Gasteiger partial charge in [-0.25, -0.2) is 4.79 Å². The summed E-state index contributed by atoms with van der Waals surface area (Å²) in [6.45, 7) is 3.42. The van der Waals surface area contributed by atoms with E-state index in [0.717, 1.165) is 0 Å². The smallest absolute Gasteiger partial charge is 0.326 e.